The van der Waals surface area contributed by atoms with Crippen molar-refractivity contribution in [1.29, 1.82) is 0 Å². The van der Waals surface area contributed by atoms with Gasteiger partial charge in [-0.25, -0.2) is 5.10 Å². The van der Waals surface area contributed by atoms with Crippen molar-refractivity contribution in [1.82, 2.24) is 15.5 Å². The fourth-order valence-corrected chi connectivity index (χ4v) is 2.45. The zero-order valence-electron chi connectivity index (χ0n) is 10.8. The van der Waals surface area contributed by atoms with E-state index in [1.54, 1.807) is 36.0 Å². The van der Waals surface area contributed by atoms with Crippen LogP contribution in [0, 0.1) is 0 Å². The molecule has 0 aliphatic heterocycles. The molecule has 5 nitrogen and oxygen atoms in total. The average Bonchev–Trinajstić information content (AvgIpc) is 2.39. The molecule has 0 aliphatic rings. The molecule has 6 heteroatoms. The topological polar surface area (TPSA) is 74.8 Å². The van der Waals surface area contributed by atoms with Crippen LogP contribution >= 0.6 is 11.8 Å². The van der Waals surface area contributed by atoms with Crippen molar-refractivity contribution in [2.75, 3.05) is 12.0 Å². The predicted octanol–water partition coefficient (Wildman–Crippen LogP) is 1.40. The first kappa shape index (κ1) is 13.6. The lowest BCUT2D eigenvalue weighted by atomic mass is 10.1. The molecule has 2 rings (SSSR count). The summed E-state index contributed by atoms with van der Waals surface area (Å²) in [5, 5.41) is 10.1. The van der Waals surface area contributed by atoms with Gasteiger partial charge in [-0.2, -0.15) is 16.9 Å². The Balaban J connectivity index is 2.38. The Labute approximate surface area is 114 Å². The molecular weight excluding hydrogens is 262 g/mol. The van der Waals surface area contributed by atoms with Gasteiger partial charge >= 0.3 is 0 Å². The monoisotopic (exact) mass is 277 g/mol. The Morgan fingerprint density at radius 3 is 2.79 bits per heavy atom. The lowest BCUT2D eigenvalue weighted by molar-refractivity contribution is 0.0939. The van der Waals surface area contributed by atoms with Crippen molar-refractivity contribution in [3.63, 3.8) is 0 Å². The maximum atomic E-state index is 12.2. The maximum absolute atomic E-state index is 12.2. The van der Waals surface area contributed by atoms with Crippen molar-refractivity contribution in [3.8, 4) is 0 Å². The van der Waals surface area contributed by atoms with Crippen LogP contribution in [0.25, 0.3) is 10.8 Å². The van der Waals surface area contributed by atoms with E-state index in [1.165, 1.54) is 0 Å². The first-order valence-corrected chi connectivity index (χ1v) is 7.30. The minimum atomic E-state index is -0.288. The number of carbonyl (C=O) groups is 1. The third-order valence-electron chi connectivity index (χ3n) is 2.71. The van der Waals surface area contributed by atoms with Gasteiger partial charge in [0.15, 0.2) is 5.69 Å². The number of H-pyrrole nitrogens is 1. The van der Waals surface area contributed by atoms with Gasteiger partial charge < -0.3 is 5.32 Å². The lowest BCUT2D eigenvalue weighted by Gasteiger charge is -2.12. The lowest BCUT2D eigenvalue weighted by Crippen LogP contribution is -2.35. The summed E-state index contributed by atoms with van der Waals surface area (Å²) < 4.78 is 0. The number of thioether (sulfide) groups is 1. The molecule has 100 valence electrons. The molecule has 1 unspecified atom stereocenters. The number of nitrogens with zero attached hydrogens (tertiary/aromatic N) is 1. The summed E-state index contributed by atoms with van der Waals surface area (Å²) >= 11 is 1.66. The van der Waals surface area contributed by atoms with Crippen LogP contribution in [-0.4, -0.2) is 34.2 Å². The molecule has 0 radical (unpaired) electrons. The highest BCUT2D eigenvalue weighted by Gasteiger charge is 2.15. The first-order chi connectivity index (χ1) is 9.13. The normalized spacial score (nSPS) is 12.3. The summed E-state index contributed by atoms with van der Waals surface area (Å²) in [7, 11) is 0. The number of amides is 1. The standard InChI is InChI=1S/C13H15N3O2S/c1-8(7-19-2)14-13(18)11-9-5-3-4-6-10(9)12(17)16-15-11/h3-6,8H,7H2,1-2H3,(H,14,18)(H,16,17). The molecule has 0 aliphatic carbocycles. The number of aromatic amines is 1. The quantitative estimate of drug-likeness (QED) is 0.886. The molecule has 1 aromatic carbocycles. The van der Waals surface area contributed by atoms with E-state index < -0.39 is 0 Å². The second kappa shape index (κ2) is 5.88. The zero-order valence-corrected chi connectivity index (χ0v) is 11.6. The summed E-state index contributed by atoms with van der Waals surface area (Å²) in [6, 6.07) is 7.00. The fraction of sp³-hybridized carbons (Fsp3) is 0.308. The summed E-state index contributed by atoms with van der Waals surface area (Å²) in [5.41, 5.74) is -0.0348. The Morgan fingerprint density at radius 1 is 1.42 bits per heavy atom. The van der Waals surface area contributed by atoms with Gasteiger partial charge in [0.05, 0.1) is 5.39 Å². The number of hydrogen-bond donors (Lipinski definition) is 2. The summed E-state index contributed by atoms with van der Waals surface area (Å²) in [4.78, 5) is 23.8. The first-order valence-electron chi connectivity index (χ1n) is 5.90. The number of benzene rings is 1. The Kier molecular flexibility index (Phi) is 4.21. The van der Waals surface area contributed by atoms with Crippen LogP contribution in [0.4, 0.5) is 0 Å². The third kappa shape index (κ3) is 2.96. The van der Waals surface area contributed by atoms with Gasteiger partial charge in [-0.1, -0.05) is 18.2 Å². The number of fused-ring (bicyclic) bond motifs is 1. The van der Waals surface area contributed by atoms with Crippen molar-refractivity contribution in [2.24, 2.45) is 0 Å². The maximum Gasteiger partial charge on any atom is 0.272 e. The van der Waals surface area contributed by atoms with Gasteiger partial charge in [0.25, 0.3) is 11.5 Å². The molecule has 0 spiro atoms. The van der Waals surface area contributed by atoms with E-state index in [4.69, 9.17) is 0 Å². The zero-order chi connectivity index (χ0) is 13.8. The molecule has 0 saturated carbocycles. The van der Waals surface area contributed by atoms with E-state index in [2.05, 4.69) is 15.5 Å². The highest BCUT2D eigenvalue weighted by atomic mass is 32.2. The van der Waals surface area contributed by atoms with Gasteiger partial charge in [0.1, 0.15) is 0 Å². The van der Waals surface area contributed by atoms with Crippen molar-refractivity contribution < 1.29 is 4.79 Å². The van der Waals surface area contributed by atoms with Gasteiger partial charge in [-0.3, -0.25) is 9.59 Å². The second-order valence-corrected chi connectivity index (χ2v) is 5.19. The molecule has 1 aromatic heterocycles. The van der Waals surface area contributed by atoms with E-state index in [0.717, 1.165) is 5.75 Å². The molecule has 1 atom stereocenters. The molecule has 0 fully saturated rings. The van der Waals surface area contributed by atoms with Gasteiger partial charge in [0.2, 0.25) is 0 Å². The second-order valence-electron chi connectivity index (χ2n) is 4.28. The summed E-state index contributed by atoms with van der Waals surface area (Å²) in [6.07, 6.45) is 1.98. The van der Waals surface area contributed by atoms with Crippen LogP contribution in [0.15, 0.2) is 29.1 Å². The molecule has 0 saturated heterocycles. The van der Waals surface area contributed by atoms with Crippen molar-refractivity contribution in [3.05, 3.63) is 40.3 Å². The fourth-order valence-electron chi connectivity index (χ4n) is 1.87. The number of aromatic nitrogens is 2. The van der Waals surface area contributed by atoms with Gasteiger partial charge in [-0.05, 0) is 19.2 Å². The SMILES string of the molecule is CSCC(C)NC(=O)c1n[nH]c(=O)c2ccccc12. The molecule has 0 bridgehead atoms. The van der Waals surface area contributed by atoms with E-state index in [9.17, 15) is 9.59 Å². The highest BCUT2D eigenvalue weighted by molar-refractivity contribution is 7.98. The van der Waals surface area contributed by atoms with Crippen LogP contribution in [-0.2, 0) is 0 Å². The van der Waals surface area contributed by atoms with Gasteiger partial charge in [-0.15, -0.1) is 0 Å². The van der Waals surface area contributed by atoms with E-state index in [1.807, 2.05) is 13.2 Å². The molecule has 2 N–H and O–H groups in total. The number of nitrogens with one attached hydrogen (secondary N) is 2. The molecule has 19 heavy (non-hydrogen) atoms. The van der Waals surface area contributed by atoms with Crippen LogP contribution in [0.2, 0.25) is 0 Å². The van der Waals surface area contributed by atoms with Crippen molar-refractivity contribution >= 4 is 28.4 Å². The largest absolute Gasteiger partial charge is 0.347 e. The molecule has 1 amide bonds. The molecule has 2 aromatic rings. The smallest absolute Gasteiger partial charge is 0.272 e. The van der Waals surface area contributed by atoms with Crippen molar-refractivity contribution in [2.45, 2.75) is 13.0 Å². The molecule has 1 heterocycles. The highest BCUT2D eigenvalue weighted by Crippen LogP contribution is 2.12. The summed E-state index contributed by atoms with van der Waals surface area (Å²) in [6.45, 7) is 1.93. The van der Waals surface area contributed by atoms with Crippen LogP contribution < -0.4 is 10.9 Å². The van der Waals surface area contributed by atoms with Crippen LogP contribution in [0.3, 0.4) is 0 Å². The number of rotatable bonds is 4. The van der Waals surface area contributed by atoms with E-state index in [0.29, 0.717) is 10.8 Å². The Hall–Kier alpha value is -1.82. The van der Waals surface area contributed by atoms with E-state index >= 15 is 0 Å². The van der Waals surface area contributed by atoms with Crippen LogP contribution in [0.5, 0.6) is 0 Å². The third-order valence-corrected chi connectivity index (χ3v) is 3.54. The number of hydrogen-bond acceptors (Lipinski definition) is 4. The molecular formula is C13H15N3O2S. The minimum absolute atomic E-state index is 0.0509. The van der Waals surface area contributed by atoms with Gasteiger partial charge in [0, 0.05) is 17.2 Å². The van der Waals surface area contributed by atoms with E-state index in [-0.39, 0.29) is 23.2 Å². The Bertz CT molecular complexity index is 654. The minimum Gasteiger partial charge on any atom is -0.347 e. The number of carbonyl (C=O) groups excluding carboxylic acids is 1. The average molecular weight is 277 g/mol. The predicted molar refractivity (Wildman–Crippen MR) is 77.7 cm³/mol. The summed E-state index contributed by atoms with van der Waals surface area (Å²) in [5.74, 6) is 0.557. The Morgan fingerprint density at radius 2 is 2.11 bits per heavy atom. The van der Waals surface area contributed by atoms with Crippen LogP contribution in [0.1, 0.15) is 17.4 Å².